The van der Waals surface area contributed by atoms with Crippen molar-refractivity contribution in [1.82, 2.24) is 9.55 Å². The number of halogens is 2. The number of rotatable bonds is 2. The molecule has 1 aromatic heterocycles. The molecule has 0 saturated carbocycles. The van der Waals surface area contributed by atoms with Gasteiger partial charge in [-0.1, -0.05) is 0 Å². The minimum absolute atomic E-state index is 0.0168. The van der Waals surface area contributed by atoms with Gasteiger partial charge >= 0.3 is 0 Å². The number of aliphatic hydroxyl groups is 1. The van der Waals surface area contributed by atoms with Gasteiger partial charge in [0.1, 0.15) is 0 Å². The topological polar surface area (TPSA) is 55.1 Å². The molecule has 6 heteroatoms. The zero-order chi connectivity index (χ0) is 11.7. The maximum Gasteiger partial charge on any atom is 0.269 e. The highest BCUT2D eigenvalue weighted by molar-refractivity contribution is 5.74. The van der Waals surface area contributed by atoms with Crippen LogP contribution in [0.5, 0.6) is 0 Å². The molecule has 1 heterocycles. The molecule has 0 aliphatic carbocycles. The highest BCUT2D eigenvalue weighted by Crippen LogP contribution is 2.14. The van der Waals surface area contributed by atoms with E-state index in [9.17, 15) is 13.6 Å². The van der Waals surface area contributed by atoms with Crippen molar-refractivity contribution in [2.75, 3.05) is 6.61 Å². The number of aromatic nitrogens is 2. The SMILES string of the molecule is O=c1cnc2cc(F)c(F)cc2n1CCO. The highest BCUT2D eigenvalue weighted by Gasteiger charge is 2.09. The molecule has 1 aromatic carbocycles. The normalized spacial score (nSPS) is 10.9. The summed E-state index contributed by atoms with van der Waals surface area (Å²) in [5.74, 6) is -2.07. The number of fused-ring (bicyclic) bond motifs is 1. The van der Waals surface area contributed by atoms with Crippen molar-refractivity contribution in [3.05, 3.63) is 40.3 Å². The Balaban J connectivity index is 2.81. The molecule has 0 radical (unpaired) electrons. The summed E-state index contributed by atoms with van der Waals surface area (Å²) in [5.41, 5.74) is -0.125. The van der Waals surface area contributed by atoms with E-state index >= 15 is 0 Å². The van der Waals surface area contributed by atoms with Gasteiger partial charge in [-0.2, -0.15) is 0 Å². The Morgan fingerprint density at radius 3 is 2.69 bits per heavy atom. The Bertz CT molecular complexity index is 595. The fourth-order valence-electron chi connectivity index (χ4n) is 1.49. The van der Waals surface area contributed by atoms with Crippen LogP contribution in [0.3, 0.4) is 0 Å². The lowest BCUT2D eigenvalue weighted by molar-refractivity contribution is 0.276. The summed E-state index contributed by atoms with van der Waals surface area (Å²) in [6, 6.07) is 1.81. The second kappa shape index (κ2) is 3.97. The molecule has 0 saturated heterocycles. The van der Waals surface area contributed by atoms with Crippen LogP contribution in [0.2, 0.25) is 0 Å². The van der Waals surface area contributed by atoms with E-state index < -0.39 is 17.2 Å². The number of hydrogen-bond acceptors (Lipinski definition) is 3. The summed E-state index contributed by atoms with van der Waals surface area (Å²) in [7, 11) is 0. The van der Waals surface area contributed by atoms with Crippen LogP contribution in [-0.4, -0.2) is 21.3 Å². The molecule has 4 nitrogen and oxygen atoms in total. The molecule has 0 spiro atoms. The van der Waals surface area contributed by atoms with Crippen LogP contribution in [-0.2, 0) is 6.54 Å². The average Bonchev–Trinajstić information content (AvgIpc) is 2.25. The summed E-state index contributed by atoms with van der Waals surface area (Å²) < 4.78 is 27.1. The van der Waals surface area contributed by atoms with Crippen LogP contribution >= 0.6 is 0 Å². The molecular formula is C10H8F2N2O2. The van der Waals surface area contributed by atoms with Crippen molar-refractivity contribution < 1.29 is 13.9 Å². The molecule has 0 fully saturated rings. The Morgan fingerprint density at radius 1 is 1.31 bits per heavy atom. The van der Waals surface area contributed by atoms with E-state index in [0.29, 0.717) is 0 Å². The van der Waals surface area contributed by atoms with E-state index in [1.54, 1.807) is 0 Å². The summed E-state index contributed by atoms with van der Waals surface area (Å²) >= 11 is 0. The molecular weight excluding hydrogens is 218 g/mol. The summed E-state index contributed by atoms with van der Waals surface area (Å²) in [5, 5.41) is 8.78. The minimum atomic E-state index is -1.05. The van der Waals surface area contributed by atoms with E-state index in [0.717, 1.165) is 22.9 Å². The molecule has 0 unspecified atom stereocenters. The summed E-state index contributed by atoms with van der Waals surface area (Å²) in [4.78, 5) is 15.1. The average molecular weight is 226 g/mol. The molecule has 84 valence electrons. The number of aliphatic hydroxyl groups excluding tert-OH is 1. The zero-order valence-corrected chi connectivity index (χ0v) is 8.15. The van der Waals surface area contributed by atoms with E-state index in [2.05, 4.69) is 4.98 Å². The fourth-order valence-corrected chi connectivity index (χ4v) is 1.49. The molecule has 2 aromatic rings. The first kappa shape index (κ1) is 10.7. The standard InChI is InChI=1S/C10H8F2N2O2/c11-6-3-8-9(4-7(6)12)14(1-2-15)10(16)5-13-8/h3-5,15H,1-2H2. The van der Waals surface area contributed by atoms with Crippen LogP contribution in [0.1, 0.15) is 0 Å². The lowest BCUT2D eigenvalue weighted by atomic mass is 10.2. The summed E-state index contributed by atoms with van der Waals surface area (Å²) in [6.07, 6.45) is 1.01. The molecule has 0 aliphatic rings. The van der Waals surface area contributed by atoms with Crippen molar-refractivity contribution in [3.63, 3.8) is 0 Å². The predicted octanol–water partition coefficient (Wildman–Crippen LogP) is 0.667. The number of hydrogen-bond donors (Lipinski definition) is 1. The third-order valence-electron chi connectivity index (χ3n) is 2.21. The van der Waals surface area contributed by atoms with Gasteiger partial charge in [-0.3, -0.25) is 4.79 Å². The lowest BCUT2D eigenvalue weighted by Crippen LogP contribution is -2.22. The maximum absolute atomic E-state index is 13.0. The molecule has 0 amide bonds. The van der Waals surface area contributed by atoms with Gasteiger partial charge in [-0.25, -0.2) is 13.8 Å². The van der Waals surface area contributed by atoms with Gasteiger partial charge in [0.2, 0.25) is 0 Å². The zero-order valence-electron chi connectivity index (χ0n) is 8.15. The second-order valence-electron chi connectivity index (χ2n) is 3.23. The molecule has 1 N–H and O–H groups in total. The molecule has 0 bridgehead atoms. The van der Waals surface area contributed by atoms with E-state index in [4.69, 9.17) is 5.11 Å². The first-order chi connectivity index (χ1) is 7.63. The Labute approximate surface area is 88.8 Å². The first-order valence-electron chi connectivity index (χ1n) is 4.59. The fraction of sp³-hybridized carbons (Fsp3) is 0.200. The van der Waals surface area contributed by atoms with Crippen LogP contribution < -0.4 is 5.56 Å². The molecule has 0 aliphatic heterocycles. The largest absolute Gasteiger partial charge is 0.395 e. The van der Waals surface area contributed by atoms with Crippen LogP contribution in [0.4, 0.5) is 8.78 Å². The smallest absolute Gasteiger partial charge is 0.269 e. The van der Waals surface area contributed by atoms with Gasteiger partial charge in [-0.05, 0) is 0 Å². The lowest BCUT2D eigenvalue weighted by Gasteiger charge is -2.07. The summed E-state index contributed by atoms with van der Waals surface area (Å²) in [6.45, 7) is -0.249. The van der Waals surface area contributed by atoms with E-state index in [1.165, 1.54) is 0 Å². The van der Waals surface area contributed by atoms with Crippen molar-refractivity contribution in [2.45, 2.75) is 6.54 Å². The van der Waals surface area contributed by atoms with Crippen molar-refractivity contribution in [2.24, 2.45) is 0 Å². The van der Waals surface area contributed by atoms with Crippen molar-refractivity contribution >= 4 is 11.0 Å². The van der Waals surface area contributed by atoms with Gasteiger partial charge in [0.15, 0.2) is 11.6 Å². The Morgan fingerprint density at radius 2 is 2.00 bits per heavy atom. The van der Waals surface area contributed by atoms with Gasteiger partial charge in [0, 0.05) is 18.7 Å². The monoisotopic (exact) mass is 226 g/mol. The molecule has 0 atom stereocenters. The molecule has 16 heavy (non-hydrogen) atoms. The van der Waals surface area contributed by atoms with Crippen molar-refractivity contribution in [1.29, 1.82) is 0 Å². The highest BCUT2D eigenvalue weighted by atomic mass is 19.2. The third-order valence-corrected chi connectivity index (χ3v) is 2.21. The van der Waals surface area contributed by atoms with Gasteiger partial charge in [0.05, 0.1) is 23.8 Å². The Hall–Kier alpha value is -1.82. The quantitative estimate of drug-likeness (QED) is 0.818. The number of nitrogens with zero attached hydrogens (tertiary/aromatic N) is 2. The van der Waals surface area contributed by atoms with Gasteiger partial charge in [-0.15, -0.1) is 0 Å². The van der Waals surface area contributed by atoms with Gasteiger partial charge in [0.25, 0.3) is 5.56 Å². The minimum Gasteiger partial charge on any atom is -0.395 e. The number of benzene rings is 1. The Kier molecular flexibility index (Phi) is 2.66. The third kappa shape index (κ3) is 1.67. The predicted molar refractivity (Wildman–Crippen MR) is 53.0 cm³/mol. The van der Waals surface area contributed by atoms with Gasteiger partial charge < -0.3 is 9.67 Å². The van der Waals surface area contributed by atoms with E-state index in [-0.39, 0.29) is 24.2 Å². The second-order valence-corrected chi connectivity index (χ2v) is 3.23. The van der Waals surface area contributed by atoms with Crippen molar-refractivity contribution in [3.8, 4) is 0 Å². The van der Waals surface area contributed by atoms with E-state index in [1.807, 2.05) is 0 Å². The first-order valence-corrected chi connectivity index (χ1v) is 4.59. The van der Waals surface area contributed by atoms with Crippen LogP contribution in [0.15, 0.2) is 23.1 Å². The van der Waals surface area contributed by atoms with Crippen LogP contribution in [0.25, 0.3) is 11.0 Å². The van der Waals surface area contributed by atoms with Crippen LogP contribution in [0, 0.1) is 11.6 Å². The molecule has 2 rings (SSSR count). The maximum atomic E-state index is 13.0.